The number of aliphatic hydroxyl groups is 3. The zero-order chi connectivity index (χ0) is 32.2. The molecule has 1 fully saturated rings. The van der Waals surface area contributed by atoms with Crippen LogP contribution < -0.4 is 10.7 Å². The lowest BCUT2D eigenvalue weighted by atomic mass is 9.78. The van der Waals surface area contributed by atoms with Crippen LogP contribution in [0.4, 0.5) is 5.69 Å². The van der Waals surface area contributed by atoms with Gasteiger partial charge >= 0.3 is 11.9 Å². The number of hydrogen-bond acceptors (Lipinski definition) is 9. The van der Waals surface area contributed by atoms with Crippen LogP contribution in [-0.4, -0.2) is 77.5 Å². The number of carboxylic acid groups (broad SMARTS) is 2. The lowest BCUT2D eigenvalue weighted by molar-refractivity contribution is -0.245. The number of carbonyl (C=O) groups is 3. The van der Waals surface area contributed by atoms with Crippen LogP contribution in [0, 0.1) is 0 Å². The van der Waals surface area contributed by atoms with Crippen molar-refractivity contribution in [2.24, 2.45) is 0 Å². The van der Waals surface area contributed by atoms with Crippen LogP contribution in [0.2, 0.25) is 0 Å². The van der Waals surface area contributed by atoms with Crippen LogP contribution >= 0.6 is 0 Å². The van der Waals surface area contributed by atoms with Crippen molar-refractivity contribution in [3.63, 3.8) is 0 Å². The molecular formula is C30H34N2O11. The van der Waals surface area contributed by atoms with E-state index in [1.807, 2.05) is 20.8 Å². The minimum atomic E-state index is -1.95. The topological polar surface area (TPSA) is 216 Å². The summed E-state index contributed by atoms with van der Waals surface area (Å²) in [7, 11) is 0. The predicted octanol–water partition coefficient (Wildman–Crippen LogP) is 1.68. The number of fused-ring (bicyclic) bond motifs is 1. The first kappa shape index (κ1) is 31.6. The first-order valence-electron chi connectivity index (χ1n) is 13.4. The number of pyridine rings is 1. The summed E-state index contributed by atoms with van der Waals surface area (Å²) in [5, 5.41) is 63.9. The fraction of sp³-hybridized carbons (Fsp3) is 0.400. The quantitative estimate of drug-likeness (QED) is 0.217. The Hall–Kier alpha value is -4.30. The molecule has 3 aromatic rings. The van der Waals surface area contributed by atoms with Crippen molar-refractivity contribution in [1.29, 1.82) is 0 Å². The largest absolute Gasteiger partial charge is 0.508 e. The second kappa shape index (κ2) is 11.1. The zero-order valence-electron chi connectivity index (χ0n) is 24.1. The number of phenolic OH excluding ortho intramolecular Hbond substituents is 1. The number of carbonyl (C=O) groups excluding carboxylic acids is 1. The van der Waals surface area contributed by atoms with Crippen LogP contribution in [0.15, 0.2) is 47.4 Å². The van der Waals surface area contributed by atoms with Gasteiger partial charge in [0.15, 0.2) is 12.3 Å². The number of phenols is 1. The Morgan fingerprint density at radius 2 is 1.53 bits per heavy atom. The minimum Gasteiger partial charge on any atom is -0.508 e. The molecule has 43 heavy (non-hydrogen) atoms. The highest BCUT2D eigenvalue weighted by Crippen LogP contribution is 2.40. The average Bonchev–Trinajstić information content (AvgIpc) is 2.91. The first-order valence-corrected chi connectivity index (χ1v) is 13.4. The van der Waals surface area contributed by atoms with Crippen molar-refractivity contribution in [2.45, 2.75) is 76.1 Å². The van der Waals surface area contributed by atoms with Gasteiger partial charge in [0, 0.05) is 28.9 Å². The van der Waals surface area contributed by atoms with E-state index in [1.54, 1.807) is 6.07 Å². The minimum absolute atomic E-state index is 0.0101. The summed E-state index contributed by atoms with van der Waals surface area (Å²) in [6.07, 6.45) is -8.22. The number of ether oxygens (including phenoxy) is 1. The Balaban J connectivity index is 1.86. The number of amides is 1. The number of benzene rings is 2. The maximum Gasteiger partial charge on any atom is 0.335 e. The van der Waals surface area contributed by atoms with Crippen molar-refractivity contribution in [2.75, 3.05) is 5.32 Å². The van der Waals surface area contributed by atoms with Gasteiger partial charge in [0.2, 0.25) is 5.43 Å². The van der Waals surface area contributed by atoms with Gasteiger partial charge in [-0.2, -0.15) is 0 Å². The van der Waals surface area contributed by atoms with Gasteiger partial charge in [0.05, 0.1) is 10.9 Å². The normalized spacial score (nSPS) is 22.7. The van der Waals surface area contributed by atoms with Gasteiger partial charge in [-0.15, -0.1) is 0 Å². The maximum atomic E-state index is 13.7. The third-order valence-electron chi connectivity index (χ3n) is 7.69. The molecule has 0 bridgehead atoms. The summed E-state index contributed by atoms with van der Waals surface area (Å²) >= 11 is 0. The molecule has 7 N–H and O–H groups in total. The lowest BCUT2D eigenvalue weighted by Gasteiger charge is -2.40. The predicted molar refractivity (Wildman–Crippen MR) is 153 cm³/mol. The van der Waals surface area contributed by atoms with Crippen LogP contribution in [0.1, 0.15) is 62.3 Å². The zero-order valence-corrected chi connectivity index (χ0v) is 24.1. The summed E-state index contributed by atoms with van der Waals surface area (Å²) in [6.45, 7) is 8.31. The molecule has 0 radical (unpaired) electrons. The van der Waals surface area contributed by atoms with Crippen LogP contribution in [0.5, 0.6) is 5.75 Å². The summed E-state index contributed by atoms with van der Waals surface area (Å²) < 4.78 is 6.60. The van der Waals surface area contributed by atoms with Crippen molar-refractivity contribution in [3.8, 4) is 5.75 Å². The molecule has 1 aliphatic heterocycles. The van der Waals surface area contributed by atoms with Crippen molar-refractivity contribution in [3.05, 3.63) is 69.5 Å². The lowest BCUT2D eigenvalue weighted by Crippen LogP contribution is -2.57. The molecule has 0 aliphatic carbocycles. The monoisotopic (exact) mass is 598 g/mol. The molecule has 1 saturated heterocycles. The SMILES string of the molecule is CC(C)(C)c1cc(C(C)(C)C(=O)O)c(O)cc1NC(=O)c1cn([C@H]2O[C@H](C(=O)O)[C@@H](O)[C@H](O)[C@H]2O)c2ccccc2c1=O. The summed E-state index contributed by atoms with van der Waals surface area (Å²) in [6, 6.07) is 8.68. The van der Waals surface area contributed by atoms with Crippen molar-refractivity contribution >= 4 is 34.4 Å². The molecule has 1 aliphatic rings. The number of aromatic nitrogens is 1. The van der Waals surface area contributed by atoms with E-state index in [0.717, 1.165) is 10.8 Å². The summed E-state index contributed by atoms with van der Waals surface area (Å²) in [4.78, 5) is 50.8. The van der Waals surface area contributed by atoms with Gasteiger partial charge in [0.25, 0.3) is 5.91 Å². The van der Waals surface area contributed by atoms with E-state index in [0.29, 0.717) is 5.56 Å². The van der Waals surface area contributed by atoms with E-state index in [4.69, 9.17) is 4.74 Å². The molecule has 1 amide bonds. The number of aliphatic carboxylic acids is 2. The van der Waals surface area contributed by atoms with E-state index in [2.05, 4.69) is 5.32 Å². The average molecular weight is 599 g/mol. The molecule has 0 unspecified atom stereocenters. The molecule has 2 heterocycles. The van der Waals surface area contributed by atoms with Crippen molar-refractivity contribution < 1.29 is 49.8 Å². The Kier molecular flexibility index (Phi) is 8.15. The summed E-state index contributed by atoms with van der Waals surface area (Å²) in [5.74, 6) is -4.10. The van der Waals surface area contributed by atoms with Gasteiger partial charge in [-0.25, -0.2) is 4.79 Å². The number of aromatic hydroxyl groups is 1. The number of nitrogens with zero attached hydrogens (tertiary/aromatic N) is 1. The number of carboxylic acids is 2. The Morgan fingerprint density at radius 3 is 2.12 bits per heavy atom. The third-order valence-corrected chi connectivity index (χ3v) is 7.69. The van der Waals surface area contributed by atoms with Crippen LogP contribution in [0.25, 0.3) is 10.9 Å². The first-order chi connectivity index (χ1) is 19.9. The third kappa shape index (κ3) is 5.59. The standard InChI is InChI=1S/C30H34N2O11/c1-29(2,3)15-10-16(30(4,5)28(41)42)19(33)11-17(15)31-25(38)14-12-32(18-9-7-6-8-13(18)20(14)34)26-23(37)21(35)22(36)24(43-26)27(39)40/h6-12,21-24,26,33,35-37H,1-5H3,(H,31,38)(H,39,40)(H,41,42)/t21-,22-,23+,24-,26-/m0/s1. The van der Waals surface area contributed by atoms with E-state index < -0.39 is 76.1 Å². The molecule has 0 spiro atoms. The van der Waals surface area contributed by atoms with E-state index in [-0.39, 0.29) is 22.2 Å². The number of nitrogens with one attached hydrogen (secondary N) is 1. The number of hydrogen-bond donors (Lipinski definition) is 7. The molecule has 1 aromatic heterocycles. The smallest absolute Gasteiger partial charge is 0.335 e. The number of rotatable bonds is 6. The number of para-hydroxylation sites is 1. The van der Waals surface area contributed by atoms with Crippen LogP contribution in [0.3, 0.4) is 0 Å². The Labute approximate surface area is 245 Å². The molecular weight excluding hydrogens is 564 g/mol. The molecule has 13 heteroatoms. The number of anilines is 1. The second-order valence-corrected chi connectivity index (χ2v) is 12.1. The van der Waals surface area contributed by atoms with Crippen LogP contribution in [-0.2, 0) is 25.2 Å². The fourth-order valence-corrected chi connectivity index (χ4v) is 5.09. The van der Waals surface area contributed by atoms with E-state index in [1.165, 1.54) is 44.2 Å². The van der Waals surface area contributed by atoms with Gasteiger partial charge in [-0.1, -0.05) is 32.9 Å². The van der Waals surface area contributed by atoms with Gasteiger partial charge in [-0.3, -0.25) is 14.4 Å². The highest BCUT2D eigenvalue weighted by Gasteiger charge is 2.48. The second-order valence-electron chi connectivity index (χ2n) is 12.1. The van der Waals surface area contributed by atoms with Gasteiger partial charge in [-0.05, 0) is 43.0 Å². The summed E-state index contributed by atoms with van der Waals surface area (Å²) in [5.41, 5.74) is -2.44. The molecule has 4 rings (SSSR count). The number of aliphatic hydroxyl groups excluding tert-OH is 3. The highest BCUT2D eigenvalue weighted by molar-refractivity contribution is 6.06. The van der Waals surface area contributed by atoms with E-state index >= 15 is 0 Å². The molecule has 2 aromatic carbocycles. The van der Waals surface area contributed by atoms with Gasteiger partial charge in [0.1, 0.15) is 29.6 Å². The van der Waals surface area contributed by atoms with Crippen molar-refractivity contribution in [1.82, 2.24) is 4.57 Å². The molecule has 230 valence electrons. The molecule has 13 nitrogen and oxygen atoms in total. The fourth-order valence-electron chi connectivity index (χ4n) is 5.09. The maximum absolute atomic E-state index is 13.7. The molecule has 0 saturated carbocycles. The molecule has 5 atom stereocenters. The van der Waals surface area contributed by atoms with Gasteiger partial charge < -0.3 is 45.3 Å². The van der Waals surface area contributed by atoms with E-state index in [9.17, 15) is 49.8 Å². The Morgan fingerprint density at radius 1 is 0.907 bits per heavy atom. The Bertz CT molecular complexity index is 1670. The highest BCUT2D eigenvalue weighted by atomic mass is 16.6.